The maximum atomic E-state index is 3.92. The molecule has 74 valence electrons. The van der Waals surface area contributed by atoms with Crippen molar-refractivity contribution in [2.75, 3.05) is 5.32 Å². The van der Waals surface area contributed by atoms with Gasteiger partial charge in [0, 0.05) is 15.3 Å². The van der Waals surface area contributed by atoms with E-state index in [4.69, 9.17) is 0 Å². The predicted molar refractivity (Wildman–Crippen MR) is 71.6 cm³/mol. The summed E-state index contributed by atoms with van der Waals surface area (Å²) in [5.41, 5.74) is 2.15. The molecular weight excluding hydrogens is 285 g/mol. The van der Waals surface area contributed by atoms with E-state index >= 15 is 0 Å². The summed E-state index contributed by atoms with van der Waals surface area (Å²) in [6.07, 6.45) is 1.79. The number of anilines is 1. The van der Waals surface area contributed by atoms with Crippen LogP contribution >= 0.6 is 22.6 Å². The molecule has 0 aromatic heterocycles. The molecule has 1 unspecified atom stereocenters. The molecule has 1 rings (SSSR count). The van der Waals surface area contributed by atoms with E-state index in [2.05, 4.69) is 60.1 Å². The Hall–Kier alpha value is -0.770. The number of halogens is 1. The molecule has 1 aromatic rings. The monoisotopic (exact) mass is 299 g/mol. The lowest BCUT2D eigenvalue weighted by Gasteiger charge is -2.16. The first kappa shape index (κ1) is 11.3. The number of benzene rings is 1. The van der Waals surface area contributed by atoms with Crippen molar-refractivity contribution in [1.82, 2.24) is 0 Å². The molecule has 0 fully saturated rings. The summed E-state index contributed by atoms with van der Waals surface area (Å²) < 4.78 is 1.22. The fraction of sp³-hybridized carbons (Fsp3) is 0.167. The van der Waals surface area contributed by atoms with Crippen LogP contribution in [0.3, 0.4) is 0 Å². The van der Waals surface area contributed by atoms with Crippen molar-refractivity contribution in [3.63, 3.8) is 0 Å². The summed E-state index contributed by atoms with van der Waals surface area (Å²) in [5, 5.41) is 3.38. The van der Waals surface area contributed by atoms with E-state index in [-0.39, 0.29) is 6.04 Å². The average molecular weight is 299 g/mol. The molecule has 1 nitrogen and oxygen atoms in total. The molecule has 0 saturated heterocycles. The Morgan fingerprint density at radius 3 is 2.71 bits per heavy atom. The smallest absolute Gasteiger partial charge is 0.0480 e. The number of nitrogens with one attached hydrogen (secondary N) is 1. The van der Waals surface area contributed by atoms with Crippen LogP contribution < -0.4 is 5.32 Å². The maximum Gasteiger partial charge on any atom is 0.0480 e. The normalized spacial score (nSPS) is 11.9. The van der Waals surface area contributed by atoms with Crippen molar-refractivity contribution in [1.29, 1.82) is 0 Å². The lowest BCUT2D eigenvalue weighted by atomic mass is 10.1. The van der Waals surface area contributed by atoms with Crippen LogP contribution in [0.5, 0.6) is 0 Å². The molecule has 0 bridgehead atoms. The minimum atomic E-state index is 0.225. The molecule has 0 saturated carbocycles. The van der Waals surface area contributed by atoms with Crippen molar-refractivity contribution >= 4 is 28.3 Å². The average Bonchev–Trinajstić information content (AvgIpc) is 2.20. The van der Waals surface area contributed by atoms with Gasteiger partial charge in [-0.3, -0.25) is 0 Å². The second-order valence-corrected chi connectivity index (χ2v) is 4.29. The van der Waals surface area contributed by atoms with Crippen LogP contribution in [0.2, 0.25) is 0 Å². The van der Waals surface area contributed by atoms with Crippen molar-refractivity contribution in [3.8, 4) is 0 Å². The fourth-order valence-corrected chi connectivity index (χ4v) is 1.62. The van der Waals surface area contributed by atoms with Crippen LogP contribution in [0.4, 0.5) is 5.69 Å². The molecule has 1 aromatic carbocycles. The van der Waals surface area contributed by atoms with Gasteiger partial charge >= 0.3 is 0 Å². The number of rotatable bonds is 4. The van der Waals surface area contributed by atoms with E-state index in [1.807, 2.05) is 12.1 Å². The van der Waals surface area contributed by atoms with Crippen LogP contribution in [0.25, 0.3) is 0 Å². The zero-order valence-corrected chi connectivity index (χ0v) is 10.4. The summed E-state index contributed by atoms with van der Waals surface area (Å²) in [6, 6.07) is 8.41. The molecule has 0 spiro atoms. The lowest BCUT2D eigenvalue weighted by molar-refractivity contribution is 0.956. The van der Waals surface area contributed by atoms with Crippen molar-refractivity contribution in [2.24, 2.45) is 0 Å². The van der Waals surface area contributed by atoms with E-state index in [1.165, 1.54) is 3.57 Å². The quantitative estimate of drug-likeness (QED) is 0.658. The summed E-state index contributed by atoms with van der Waals surface area (Å²) in [4.78, 5) is 0. The molecular formula is C12H14IN. The van der Waals surface area contributed by atoms with E-state index in [0.29, 0.717) is 0 Å². The molecule has 1 N–H and O–H groups in total. The number of para-hydroxylation sites is 1. The van der Waals surface area contributed by atoms with Gasteiger partial charge in [0.25, 0.3) is 0 Å². The fourth-order valence-electron chi connectivity index (χ4n) is 1.08. The first-order chi connectivity index (χ1) is 6.65. The lowest BCUT2D eigenvalue weighted by Crippen LogP contribution is -2.16. The molecule has 0 radical (unpaired) electrons. The van der Waals surface area contributed by atoms with Crippen LogP contribution in [0.1, 0.15) is 6.92 Å². The largest absolute Gasteiger partial charge is 0.378 e. The predicted octanol–water partition coefficient (Wildman–Crippen LogP) is 3.83. The Balaban J connectivity index is 2.74. The first-order valence-corrected chi connectivity index (χ1v) is 5.55. The minimum Gasteiger partial charge on any atom is -0.378 e. The first-order valence-electron chi connectivity index (χ1n) is 4.47. The summed E-state index contributed by atoms with van der Waals surface area (Å²) in [5.74, 6) is 0. The van der Waals surface area contributed by atoms with Gasteiger partial charge in [-0.05, 0) is 47.2 Å². The second-order valence-electron chi connectivity index (χ2n) is 3.12. The number of hydrogen-bond acceptors (Lipinski definition) is 1. The van der Waals surface area contributed by atoms with Crippen molar-refractivity contribution < 1.29 is 0 Å². The summed E-state index contributed by atoms with van der Waals surface area (Å²) in [7, 11) is 0. The molecule has 2 heteroatoms. The zero-order chi connectivity index (χ0) is 10.6. The van der Waals surface area contributed by atoms with E-state index in [9.17, 15) is 0 Å². The molecule has 1 atom stereocenters. The standard InChI is InChI=1S/C12H14IN/c1-4-9(2)10(3)14-12-8-6-5-7-11(12)13/h4-8,10,14H,1-2H2,3H3. The Morgan fingerprint density at radius 2 is 2.14 bits per heavy atom. The summed E-state index contributed by atoms with van der Waals surface area (Å²) in [6.45, 7) is 9.70. The second kappa shape index (κ2) is 5.20. The topological polar surface area (TPSA) is 12.0 Å². The Labute approximate surface area is 99.1 Å². The van der Waals surface area contributed by atoms with Gasteiger partial charge in [-0.15, -0.1) is 0 Å². The highest BCUT2D eigenvalue weighted by Gasteiger charge is 2.04. The van der Waals surface area contributed by atoms with Crippen LogP contribution in [-0.2, 0) is 0 Å². The van der Waals surface area contributed by atoms with Crippen LogP contribution in [-0.4, -0.2) is 6.04 Å². The van der Waals surface area contributed by atoms with Gasteiger partial charge in [-0.1, -0.05) is 31.4 Å². The number of hydrogen-bond donors (Lipinski definition) is 1. The molecule has 0 aliphatic rings. The molecule has 0 amide bonds. The zero-order valence-electron chi connectivity index (χ0n) is 8.26. The highest BCUT2D eigenvalue weighted by Crippen LogP contribution is 2.19. The van der Waals surface area contributed by atoms with Gasteiger partial charge < -0.3 is 5.32 Å². The third-order valence-corrected chi connectivity index (χ3v) is 3.00. The highest BCUT2D eigenvalue weighted by molar-refractivity contribution is 14.1. The van der Waals surface area contributed by atoms with Gasteiger partial charge in [-0.25, -0.2) is 0 Å². The summed E-state index contributed by atoms with van der Waals surface area (Å²) >= 11 is 2.31. The van der Waals surface area contributed by atoms with Crippen molar-refractivity contribution in [3.05, 3.63) is 52.6 Å². The molecule has 0 aliphatic carbocycles. The van der Waals surface area contributed by atoms with E-state index in [1.54, 1.807) is 6.08 Å². The Morgan fingerprint density at radius 1 is 1.50 bits per heavy atom. The van der Waals surface area contributed by atoms with E-state index in [0.717, 1.165) is 11.3 Å². The molecule has 0 aliphatic heterocycles. The third-order valence-electron chi connectivity index (χ3n) is 2.06. The van der Waals surface area contributed by atoms with Gasteiger partial charge in [0.2, 0.25) is 0 Å². The van der Waals surface area contributed by atoms with Gasteiger partial charge in [0.05, 0.1) is 0 Å². The van der Waals surface area contributed by atoms with Gasteiger partial charge in [0.1, 0.15) is 0 Å². The van der Waals surface area contributed by atoms with Crippen LogP contribution in [0.15, 0.2) is 49.1 Å². The van der Waals surface area contributed by atoms with E-state index < -0.39 is 0 Å². The van der Waals surface area contributed by atoms with Gasteiger partial charge in [-0.2, -0.15) is 0 Å². The minimum absolute atomic E-state index is 0.225. The van der Waals surface area contributed by atoms with Crippen molar-refractivity contribution in [2.45, 2.75) is 13.0 Å². The maximum absolute atomic E-state index is 3.92. The Kier molecular flexibility index (Phi) is 4.20. The van der Waals surface area contributed by atoms with Crippen LogP contribution in [0, 0.1) is 3.57 Å². The third kappa shape index (κ3) is 2.87. The molecule has 0 heterocycles. The highest BCUT2D eigenvalue weighted by atomic mass is 127. The van der Waals surface area contributed by atoms with Gasteiger partial charge in [0.15, 0.2) is 0 Å². The SMILES string of the molecule is C=CC(=C)C(C)Nc1ccccc1I. The Bertz CT molecular complexity index is 344. The molecule has 14 heavy (non-hydrogen) atoms.